The van der Waals surface area contributed by atoms with Gasteiger partial charge in [-0.15, -0.1) is 0 Å². The molecule has 1 unspecified atom stereocenters. The van der Waals surface area contributed by atoms with Crippen molar-refractivity contribution < 1.29 is 37.6 Å². The molecule has 0 fully saturated rings. The van der Waals surface area contributed by atoms with E-state index < -0.39 is 26.5 Å². The summed E-state index contributed by atoms with van der Waals surface area (Å²) >= 11 is 0. The molecule has 0 bridgehead atoms. The van der Waals surface area contributed by atoms with Gasteiger partial charge in [0, 0.05) is 19.4 Å². The van der Waals surface area contributed by atoms with Gasteiger partial charge in [-0.2, -0.15) is 0 Å². The Morgan fingerprint density at radius 2 is 0.875 bits per heavy atom. The Morgan fingerprint density at radius 3 is 1.27 bits per heavy atom. The van der Waals surface area contributed by atoms with E-state index in [1.807, 2.05) is 0 Å². The Morgan fingerprint density at radius 1 is 0.518 bits per heavy atom. The van der Waals surface area contributed by atoms with Crippen molar-refractivity contribution in [3.63, 3.8) is 0 Å². The third kappa shape index (κ3) is 42.4. The molecule has 0 aromatic heterocycles. The smallest absolute Gasteiger partial charge is 0.462 e. The van der Waals surface area contributed by atoms with Crippen molar-refractivity contribution in [1.82, 2.24) is 0 Å². The summed E-state index contributed by atoms with van der Waals surface area (Å²) in [5, 5.41) is 0. The molecule has 0 saturated heterocycles. The molecule has 0 aliphatic carbocycles. The zero-order valence-corrected chi connectivity index (χ0v) is 37.5. The Hall–Kier alpha value is -1.25. The molecule has 0 aromatic rings. The largest absolute Gasteiger partial charge is 0.472 e. The first-order chi connectivity index (χ1) is 27.3. The summed E-state index contributed by atoms with van der Waals surface area (Å²) in [4.78, 5) is 34.9. The molecule has 0 amide bonds. The minimum Gasteiger partial charge on any atom is -0.462 e. The van der Waals surface area contributed by atoms with Crippen LogP contribution >= 0.6 is 7.82 Å². The lowest BCUT2D eigenvalue weighted by Gasteiger charge is -2.19. The first-order valence-corrected chi connectivity index (χ1v) is 25.2. The molecular formula is C46H90NO8P. The van der Waals surface area contributed by atoms with E-state index in [1.54, 1.807) is 0 Å². The molecule has 0 aliphatic rings. The number of carbonyl (C=O) groups excluding carboxylic acids is 2. The molecule has 56 heavy (non-hydrogen) atoms. The number of carbonyl (C=O) groups is 2. The molecule has 0 saturated carbocycles. The molecule has 2 atom stereocenters. The molecule has 0 heterocycles. The number of rotatable bonds is 45. The van der Waals surface area contributed by atoms with Crippen molar-refractivity contribution in [2.75, 3.05) is 26.4 Å². The highest BCUT2D eigenvalue weighted by Gasteiger charge is 2.26. The SMILES string of the molecule is CCCCCCC/C=C/CCCCCCCC(=O)O[C@@H](COC(=O)CCCCCCCCCCCCCCCCCCCCCCC)COP(=O)(O)OCCN. The van der Waals surface area contributed by atoms with Gasteiger partial charge in [-0.3, -0.25) is 18.6 Å². The Bertz CT molecular complexity index is 933. The number of allylic oxidation sites excluding steroid dienone is 2. The number of hydrogen-bond donors (Lipinski definition) is 2. The van der Waals surface area contributed by atoms with E-state index in [1.165, 1.54) is 154 Å². The summed E-state index contributed by atoms with van der Waals surface area (Å²) in [6.45, 7) is 3.75. The van der Waals surface area contributed by atoms with Crippen molar-refractivity contribution >= 4 is 19.8 Å². The number of nitrogens with two attached hydrogens (primary N) is 1. The molecule has 9 nitrogen and oxygen atoms in total. The minimum atomic E-state index is -4.37. The Labute approximate surface area is 345 Å². The maximum atomic E-state index is 12.6. The van der Waals surface area contributed by atoms with E-state index in [9.17, 15) is 19.0 Å². The molecule has 0 aliphatic heterocycles. The quantitative estimate of drug-likeness (QED) is 0.0266. The Kier molecular flexibility index (Phi) is 42.4. The van der Waals surface area contributed by atoms with Crippen LogP contribution in [0.5, 0.6) is 0 Å². The lowest BCUT2D eigenvalue weighted by Crippen LogP contribution is -2.29. The fraction of sp³-hybridized carbons (Fsp3) is 0.913. The number of hydrogen-bond acceptors (Lipinski definition) is 8. The second-order valence-electron chi connectivity index (χ2n) is 16.0. The van der Waals surface area contributed by atoms with Gasteiger partial charge in [0.1, 0.15) is 6.61 Å². The molecular weight excluding hydrogens is 725 g/mol. The van der Waals surface area contributed by atoms with Crippen LogP contribution in [0, 0.1) is 0 Å². The van der Waals surface area contributed by atoms with E-state index in [2.05, 4.69) is 26.0 Å². The van der Waals surface area contributed by atoms with Crippen LogP contribution in [-0.4, -0.2) is 49.3 Å². The van der Waals surface area contributed by atoms with Gasteiger partial charge in [-0.05, 0) is 38.5 Å². The fourth-order valence-corrected chi connectivity index (χ4v) is 7.63. The average Bonchev–Trinajstić information content (AvgIpc) is 3.18. The van der Waals surface area contributed by atoms with Crippen LogP contribution in [0.3, 0.4) is 0 Å². The van der Waals surface area contributed by atoms with Crippen molar-refractivity contribution in [3.8, 4) is 0 Å². The van der Waals surface area contributed by atoms with Gasteiger partial charge in [0.25, 0.3) is 0 Å². The van der Waals surface area contributed by atoms with Gasteiger partial charge < -0.3 is 20.1 Å². The van der Waals surface area contributed by atoms with Crippen LogP contribution in [0.25, 0.3) is 0 Å². The number of esters is 2. The van der Waals surface area contributed by atoms with Crippen molar-refractivity contribution in [3.05, 3.63) is 12.2 Å². The molecule has 332 valence electrons. The zero-order valence-electron chi connectivity index (χ0n) is 36.6. The molecule has 0 spiro atoms. The average molecular weight is 816 g/mol. The van der Waals surface area contributed by atoms with Crippen LogP contribution in [0.2, 0.25) is 0 Å². The van der Waals surface area contributed by atoms with E-state index in [0.717, 1.165) is 51.4 Å². The van der Waals surface area contributed by atoms with Gasteiger partial charge >= 0.3 is 19.8 Å². The van der Waals surface area contributed by atoms with Gasteiger partial charge in [0.05, 0.1) is 13.2 Å². The maximum absolute atomic E-state index is 12.6. The third-order valence-electron chi connectivity index (χ3n) is 10.4. The second kappa shape index (κ2) is 43.3. The highest BCUT2D eigenvalue weighted by molar-refractivity contribution is 7.47. The predicted octanol–water partition coefficient (Wildman–Crippen LogP) is 13.8. The molecule has 0 radical (unpaired) electrons. The third-order valence-corrected chi connectivity index (χ3v) is 11.4. The first kappa shape index (κ1) is 54.8. The van der Waals surface area contributed by atoms with Crippen LogP contribution in [0.15, 0.2) is 12.2 Å². The lowest BCUT2D eigenvalue weighted by atomic mass is 10.0. The van der Waals surface area contributed by atoms with Gasteiger partial charge in [0.2, 0.25) is 0 Å². The van der Waals surface area contributed by atoms with E-state index >= 15 is 0 Å². The highest BCUT2D eigenvalue weighted by Crippen LogP contribution is 2.43. The molecule has 0 rings (SSSR count). The van der Waals surface area contributed by atoms with Crippen LogP contribution < -0.4 is 5.73 Å². The number of unbranched alkanes of at least 4 members (excludes halogenated alkanes) is 30. The van der Waals surface area contributed by atoms with Crippen molar-refractivity contribution in [2.45, 2.75) is 245 Å². The summed E-state index contributed by atoms with van der Waals surface area (Å²) in [6, 6.07) is 0. The van der Waals surface area contributed by atoms with E-state index in [-0.39, 0.29) is 38.6 Å². The first-order valence-electron chi connectivity index (χ1n) is 23.7. The summed E-state index contributed by atoms with van der Waals surface area (Å²) < 4.78 is 32.8. The van der Waals surface area contributed by atoms with Gasteiger partial charge in [-0.1, -0.05) is 199 Å². The zero-order chi connectivity index (χ0) is 41.1. The topological polar surface area (TPSA) is 134 Å². The van der Waals surface area contributed by atoms with Crippen molar-refractivity contribution in [2.24, 2.45) is 5.73 Å². The second-order valence-corrected chi connectivity index (χ2v) is 17.4. The summed E-state index contributed by atoms with van der Waals surface area (Å²) in [5.74, 6) is -0.825. The fourth-order valence-electron chi connectivity index (χ4n) is 6.87. The molecule has 0 aromatic carbocycles. The summed E-state index contributed by atoms with van der Waals surface area (Å²) in [6.07, 6.45) is 45.3. The summed E-state index contributed by atoms with van der Waals surface area (Å²) in [7, 11) is -4.37. The van der Waals surface area contributed by atoms with Gasteiger partial charge in [0.15, 0.2) is 6.10 Å². The van der Waals surface area contributed by atoms with E-state index in [4.69, 9.17) is 24.3 Å². The standard InChI is InChI=1S/C46H90NO8P/c1-3-5-7-9-11-13-15-17-19-20-21-22-23-24-25-27-28-30-32-34-36-38-45(48)52-42-44(43-54-56(50,51)53-41-40-47)55-46(49)39-37-35-33-31-29-26-18-16-14-12-10-8-6-4-2/h16,18,44H,3-15,17,19-43,47H2,1-2H3,(H,50,51)/b18-16+/t44-/m0/s1. The minimum absolute atomic E-state index is 0.0549. The number of phosphoric ester groups is 1. The Balaban J connectivity index is 4.02. The van der Waals surface area contributed by atoms with Gasteiger partial charge in [-0.25, -0.2) is 4.57 Å². The predicted molar refractivity (Wildman–Crippen MR) is 234 cm³/mol. The van der Waals surface area contributed by atoms with Crippen LogP contribution in [0.4, 0.5) is 0 Å². The molecule has 3 N–H and O–H groups in total. The van der Waals surface area contributed by atoms with Crippen molar-refractivity contribution in [1.29, 1.82) is 0 Å². The maximum Gasteiger partial charge on any atom is 0.472 e. The monoisotopic (exact) mass is 816 g/mol. The highest BCUT2D eigenvalue weighted by atomic mass is 31.2. The number of phosphoric acid groups is 1. The van der Waals surface area contributed by atoms with Crippen LogP contribution in [-0.2, 0) is 32.7 Å². The summed E-state index contributed by atoms with van der Waals surface area (Å²) in [5.41, 5.74) is 5.35. The lowest BCUT2D eigenvalue weighted by molar-refractivity contribution is -0.161. The number of ether oxygens (including phenoxy) is 2. The normalized spacial score (nSPS) is 13.3. The van der Waals surface area contributed by atoms with E-state index in [0.29, 0.717) is 6.42 Å². The van der Waals surface area contributed by atoms with Crippen LogP contribution in [0.1, 0.15) is 239 Å². The molecule has 10 heteroatoms.